The van der Waals surface area contributed by atoms with Gasteiger partial charge in [-0.05, 0) is 11.5 Å². The van der Waals surface area contributed by atoms with Crippen LogP contribution in [0.15, 0.2) is 30.3 Å². The molecule has 0 bridgehead atoms. The molecule has 1 atom stereocenters. The molecule has 0 saturated carbocycles. The number of rotatable bonds is 8. The number of aliphatic hydroxyl groups is 2. The van der Waals surface area contributed by atoms with Crippen LogP contribution in [-0.2, 0) is 16.1 Å². The first-order chi connectivity index (χ1) is 10.4. The lowest BCUT2D eigenvalue weighted by molar-refractivity contribution is -0.131. The highest BCUT2D eigenvalue weighted by atomic mass is 16.5. The molecule has 6 nitrogen and oxygen atoms in total. The number of carbonyl (C=O) groups is 2. The molecule has 4 N–H and O–H groups in total. The SMILES string of the molecule is CC(C)C(NC(=O)CCC(O)O)C(=O)NCc1ccccc1. The van der Waals surface area contributed by atoms with Crippen LogP contribution in [0.2, 0.25) is 0 Å². The van der Waals surface area contributed by atoms with Crippen LogP contribution < -0.4 is 10.6 Å². The number of nitrogens with one attached hydrogen (secondary N) is 2. The van der Waals surface area contributed by atoms with E-state index in [1.165, 1.54) is 0 Å². The van der Waals surface area contributed by atoms with Crippen LogP contribution in [-0.4, -0.2) is 34.4 Å². The summed E-state index contributed by atoms with van der Waals surface area (Å²) < 4.78 is 0. The largest absolute Gasteiger partial charge is 0.368 e. The van der Waals surface area contributed by atoms with Crippen LogP contribution in [0.5, 0.6) is 0 Å². The summed E-state index contributed by atoms with van der Waals surface area (Å²) in [6, 6.07) is 8.86. The third-order valence-corrected chi connectivity index (χ3v) is 3.20. The average Bonchev–Trinajstić information content (AvgIpc) is 2.49. The molecule has 122 valence electrons. The lowest BCUT2D eigenvalue weighted by atomic mass is 10.0. The van der Waals surface area contributed by atoms with E-state index < -0.39 is 12.3 Å². The van der Waals surface area contributed by atoms with Crippen LogP contribution in [0.4, 0.5) is 0 Å². The molecule has 0 aliphatic heterocycles. The molecule has 2 amide bonds. The van der Waals surface area contributed by atoms with E-state index in [-0.39, 0.29) is 30.6 Å². The zero-order chi connectivity index (χ0) is 16.5. The Labute approximate surface area is 130 Å². The fraction of sp³-hybridized carbons (Fsp3) is 0.500. The van der Waals surface area contributed by atoms with Gasteiger partial charge in [-0.25, -0.2) is 0 Å². The molecule has 0 saturated heterocycles. The van der Waals surface area contributed by atoms with E-state index in [1.807, 2.05) is 44.2 Å². The first-order valence-corrected chi connectivity index (χ1v) is 7.37. The molecule has 0 radical (unpaired) electrons. The van der Waals surface area contributed by atoms with E-state index in [2.05, 4.69) is 10.6 Å². The number of carbonyl (C=O) groups excluding carboxylic acids is 2. The van der Waals surface area contributed by atoms with Gasteiger partial charge in [-0.3, -0.25) is 9.59 Å². The van der Waals surface area contributed by atoms with Crippen molar-refractivity contribution in [1.29, 1.82) is 0 Å². The van der Waals surface area contributed by atoms with Crippen LogP contribution in [0.1, 0.15) is 32.3 Å². The van der Waals surface area contributed by atoms with Crippen molar-refractivity contribution < 1.29 is 19.8 Å². The Hall–Kier alpha value is -1.92. The van der Waals surface area contributed by atoms with Gasteiger partial charge in [-0.2, -0.15) is 0 Å². The third-order valence-electron chi connectivity index (χ3n) is 3.20. The van der Waals surface area contributed by atoms with Crippen molar-refractivity contribution in [2.24, 2.45) is 5.92 Å². The van der Waals surface area contributed by atoms with Gasteiger partial charge in [0.15, 0.2) is 6.29 Å². The Morgan fingerprint density at radius 3 is 2.32 bits per heavy atom. The summed E-state index contributed by atoms with van der Waals surface area (Å²) in [6.45, 7) is 4.08. The summed E-state index contributed by atoms with van der Waals surface area (Å²) in [6.07, 6.45) is -1.61. The zero-order valence-corrected chi connectivity index (χ0v) is 13.0. The number of amides is 2. The molecule has 6 heteroatoms. The zero-order valence-electron chi connectivity index (χ0n) is 13.0. The Balaban J connectivity index is 2.51. The van der Waals surface area contributed by atoms with E-state index in [4.69, 9.17) is 10.2 Å². The van der Waals surface area contributed by atoms with Crippen molar-refractivity contribution in [2.45, 2.75) is 45.6 Å². The van der Waals surface area contributed by atoms with Crippen LogP contribution in [0, 0.1) is 5.92 Å². The predicted molar refractivity (Wildman–Crippen MR) is 82.5 cm³/mol. The van der Waals surface area contributed by atoms with Crippen LogP contribution in [0.3, 0.4) is 0 Å². The second kappa shape index (κ2) is 9.17. The van der Waals surface area contributed by atoms with Gasteiger partial charge in [0, 0.05) is 19.4 Å². The molecule has 0 fully saturated rings. The fourth-order valence-corrected chi connectivity index (χ4v) is 1.94. The van der Waals surface area contributed by atoms with Crippen LogP contribution >= 0.6 is 0 Å². The van der Waals surface area contributed by atoms with E-state index in [1.54, 1.807) is 0 Å². The first-order valence-electron chi connectivity index (χ1n) is 7.37. The highest BCUT2D eigenvalue weighted by molar-refractivity contribution is 5.87. The summed E-state index contributed by atoms with van der Waals surface area (Å²) in [5.41, 5.74) is 0.980. The molecule has 1 aromatic carbocycles. The monoisotopic (exact) mass is 308 g/mol. The van der Waals surface area contributed by atoms with Crippen molar-refractivity contribution in [3.8, 4) is 0 Å². The van der Waals surface area contributed by atoms with Crippen molar-refractivity contribution in [3.63, 3.8) is 0 Å². The highest BCUT2D eigenvalue weighted by Crippen LogP contribution is 2.05. The minimum Gasteiger partial charge on any atom is -0.368 e. The molecule has 0 aromatic heterocycles. The van der Waals surface area contributed by atoms with Gasteiger partial charge in [0.1, 0.15) is 6.04 Å². The van der Waals surface area contributed by atoms with Crippen LogP contribution in [0.25, 0.3) is 0 Å². The Bertz CT molecular complexity index is 474. The molecule has 0 aliphatic carbocycles. The number of hydrogen-bond acceptors (Lipinski definition) is 4. The second-order valence-electron chi connectivity index (χ2n) is 5.51. The molecule has 0 aliphatic rings. The number of hydrogen-bond donors (Lipinski definition) is 4. The maximum absolute atomic E-state index is 12.2. The third kappa shape index (κ3) is 6.69. The standard InChI is InChI=1S/C16H24N2O4/c1-11(2)15(18-13(19)8-9-14(20)21)16(22)17-10-12-6-4-3-5-7-12/h3-7,11,14-15,20-21H,8-10H2,1-2H3,(H,17,22)(H,18,19). The summed E-state index contributed by atoms with van der Waals surface area (Å²) in [5.74, 6) is -0.697. The summed E-state index contributed by atoms with van der Waals surface area (Å²) >= 11 is 0. The molecule has 0 heterocycles. The smallest absolute Gasteiger partial charge is 0.243 e. The Morgan fingerprint density at radius 1 is 1.14 bits per heavy atom. The fourth-order valence-electron chi connectivity index (χ4n) is 1.94. The topological polar surface area (TPSA) is 98.7 Å². The van der Waals surface area contributed by atoms with E-state index >= 15 is 0 Å². The van der Waals surface area contributed by atoms with Gasteiger partial charge in [0.05, 0.1) is 0 Å². The average molecular weight is 308 g/mol. The number of benzene rings is 1. The second-order valence-corrected chi connectivity index (χ2v) is 5.51. The molecule has 22 heavy (non-hydrogen) atoms. The summed E-state index contributed by atoms with van der Waals surface area (Å²) in [5, 5.41) is 23.0. The molecular formula is C16H24N2O4. The van der Waals surface area contributed by atoms with Crippen molar-refractivity contribution >= 4 is 11.8 Å². The normalized spacial score (nSPS) is 12.3. The summed E-state index contributed by atoms with van der Waals surface area (Å²) in [4.78, 5) is 23.9. The van der Waals surface area contributed by atoms with Crippen molar-refractivity contribution in [1.82, 2.24) is 10.6 Å². The maximum Gasteiger partial charge on any atom is 0.243 e. The Kier molecular flexibility index (Phi) is 7.56. The van der Waals surface area contributed by atoms with Crippen molar-refractivity contribution in [2.75, 3.05) is 0 Å². The molecular weight excluding hydrogens is 284 g/mol. The maximum atomic E-state index is 12.2. The lowest BCUT2D eigenvalue weighted by Crippen LogP contribution is -2.49. The molecule has 1 unspecified atom stereocenters. The molecule has 1 aromatic rings. The molecule has 0 spiro atoms. The van der Waals surface area contributed by atoms with E-state index in [0.29, 0.717) is 6.54 Å². The van der Waals surface area contributed by atoms with Gasteiger partial charge in [0.25, 0.3) is 0 Å². The highest BCUT2D eigenvalue weighted by Gasteiger charge is 2.23. The number of aliphatic hydroxyl groups excluding tert-OH is 1. The Morgan fingerprint density at radius 2 is 1.77 bits per heavy atom. The van der Waals surface area contributed by atoms with Gasteiger partial charge >= 0.3 is 0 Å². The van der Waals surface area contributed by atoms with Gasteiger partial charge in [-0.15, -0.1) is 0 Å². The summed E-state index contributed by atoms with van der Waals surface area (Å²) in [7, 11) is 0. The van der Waals surface area contributed by atoms with Gasteiger partial charge in [0.2, 0.25) is 11.8 Å². The first kappa shape index (κ1) is 18.1. The van der Waals surface area contributed by atoms with E-state index in [9.17, 15) is 9.59 Å². The predicted octanol–water partition coefficient (Wildman–Crippen LogP) is 0.534. The van der Waals surface area contributed by atoms with E-state index in [0.717, 1.165) is 5.56 Å². The van der Waals surface area contributed by atoms with Crippen molar-refractivity contribution in [3.05, 3.63) is 35.9 Å². The van der Waals surface area contributed by atoms with Gasteiger partial charge < -0.3 is 20.8 Å². The quantitative estimate of drug-likeness (QED) is 0.527. The van der Waals surface area contributed by atoms with Gasteiger partial charge in [-0.1, -0.05) is 44.2 Å². The lowest BCUT2D eigenvalue weighted by Gasteiger charge is -2.22. The molecule has 1 rings (SSSR count). The minimum atomic E-state index is -1.52. The minimum absolute atomic E-state index is 0.0349.